The highest BCUT2D eigenvalue weighted by molar-refractivity contribution is 7.16. The van der Waals surface area contributed by atoms with E-state index in [9.17, 15) is 4.79 Å². The Hall–Kier alpha value is -1.53. The molecule has 0 spiro atoms. The Bertz CT molecular complexity index is 554. The summed E-state index contributed by atoms with van der Waals surface area (Å²) in [6.45, 7) is 4.57. The first kappa shape index (κ1) is 14.9. The van der Waals surface area contributed by atoms with E-state index in [1.165, 1.54) is 11.3 Å². The molecule has 0 bridgehead atoms. The molecule has 0 unspecified atom stereocenters. The van der Waals surface area contributed by atoms with Gasteiger partial charge in [-0.15, -0.1) is 11.3 Å². The summed E-state index contributed by atoms with van der Waals surface area (Å²) in [5.41, 5.74) is 0. The second-order valence-electron chi connectivity index (χ2n) is 4.64. The molecular formula is C13H17ClN4OS. The van der Waals surface area contributed by atoms with Crippen molar-refractivity contribution in [3.05, 3.63) is 40.1 Å². The maximum Gasteiger partial charge on any atom is 0.315 e. The zero-order valence-corrected chi connectivity index (χ0v) is 12.9. The lowest BCUT2D eigenvalue weighted by Gasteiger charge is -2.17. The largest absolute Gasteiger partial charge is 0.335 e. The summed E-state index contributed by atoms with van der Waals surface area (Å²) in [5.74, 6) is 0. The fourth-order valence-corrected chi connectivity index (χ4v) is 2.91. The maximum absolute atomic E-state index is 11.9. The molecule has 0 saturated carbocycles. The number of hydrogen-bond donors (Lipinski definition) is 2. The molecule has 0 aliphatic carbocycles. The molecule has 0 fully saturated rings. The second kappa shape index (κ2) is 6.76. The van der Waals surface area contributed by atoms with Crippen LogP contribution in [0.5, 0.6) is 0 Å². The van der Waals surface area contributed by atoms with Crippen LogP contribution >= 0.6 is 22.9 Å². The van der Waals surface area contributed by atoms with Crippen molar-refractivity contribution < 1.29 is 4.79 Å². The average molecular weight is 313 g/mol. The third kappa shape index (κ3) is 4.25. The normalized spacial score (nSPS) is 13.8. The summed E-state index contributed by atoms with van der Waals surface area (Å²) < 4.78 is 2.65. The number of halogens is 1. The molecule has 0 aromatic carbocycles. The third-order valence-electron chi connectivity index (χ3n) is 2.79. The summed E-state index contributed by atoms with van der Waals surface area (Å²) in [5, 5.41) is 5.80. The van der Waals surface area contributed by atoms with E-state index in [1.54, 1.807) is 12.5 Å². The van der Waals surface area contributed by atoms with Gasteiger partial charge in [0.15, 0.2) is 0 Å². The minimum Gasteiger partial charge on any atom is -0.335 e. The van der Waals surface area contributed by atoms with Gasteiger partial charge in [0.25, 0.3) is 0 Å². The Morgan fingerprint density at radius 1 is 1.45 bits per heavy atom. The highest BCUT2D eigenvalue weighted by Gasteiger charge is 2.13. The lowest BCUT2D eigenvalue weighted by Crippen LogP contribution is -2.43. The van der Waals surface area contributed by atoms with Crippen molar-refractivity contribution in [2.75, 3.05) is 0 Å². The first-order valence-corrected chi connectivity index (χ1v) is 7.52. The van der Waals surface area contributed by atoms with Crippen LogP contribution < -0.4 is 10.6 Å². The lowest BCUT2D eigenvalue weighted by molar-refractivity contribution is 0.233. The van der Waals surface area contributed by atoms with E-state index in [1.807, 2.05) is 36.7 Å². The van der Waals surface area contributed by atoms with E-state index in [4.69, 9.17) is 11.6 Å². The van der Waals surface area contributed by atoms with Crippen molar-refractivity contribution in [3.63, 3.8) is 0 Å². The maximum atomic E-state index is 11.9. The smallest absolute Gasteiger partial charge is 0.315 e. The molecule has 2 N–H and O–H groups in total. The van der Waals surface area contributed by atoms with E-state index >= 15 is 0 Å². The number of nitrogens with one attached hydrogen (secondary N) is 2. The molecule has 2 aromatic rings. The number of hydrogen-bond acceptors (Lipinski definition) is 3. The number of thiophene rings is 1. The van der Waals surface area contributed by atoms with Crippen molar-refractivity contribution in [2.24, 2.45) is 0 Å². The molecule has 0 radical (unpaired) electrons. The number of carbonyl (C=O) groups is 1. The number of carbonyl (C=O) groups excluding carboxylic acids is 1. The molecule has 0 aliphatic rings. The summed E-state index contributed by atoms with van der Waals surface area (Å²) in [6, 6.07) is 3.53. The molecule has 108 valence electrons. The Balaban J connectivity index is 1.80. The van der Waals surface area contributed by atoms with Crippen molar-refractivity contribution in [1.29, 1.82) is 0 Å². The van der Waals surface area contributed by atoms with Crippen LogP contribution in [0.1, 0.15) is 24.8 Å². The Morgan fingerprint density at radius 3 is 2.85 bits per heavy atom. The van der Waals surface area contributed by atoms with E-state index in [0.717, 1.165) is 9.21 Å². The van der Waals surface area contributed by atoms with Crippen LogP contribution in [0.15, 0.2) is 30.9 Å². The molecule has 2 atom stereocenters. The highest BCUT2D eigenvalue weighted by atomic mass is 35.5. The van der Waals surface area contributed by atoms with E-state index in [2.05, 4.69) is 15.6 Å². The molecule has 0 saturated heterocycles. The van der Waals surface area contributed by atoms with Gasteiger partial charge in [0.1, 0.15) is 0 Å². The molecule has 7 heteroatoms. The number of aromatic nitrogens is 2. The fraction of sp³-hybridized carbons (Fsp3) is 0.385. The van der Waals surface area contributed by atoms with Gasteiger partial charge in [-0.2, -0.15) is 0 Å². The van der Waals surface area contributed by atoms with Gasteiger partial charge >= 0.3 is 6.03 Å². The Labute approximate surface area is 127 Å². The van der Waals surface area contributed by atoms with Crippen molar-refractivity contribution >= 4 is 29.0 Å². The molecule has 0 aliphatic heterocycles. The van der Waals surface area contributed by atoms with Gasteiger partial charge < -0.3 is 15.2 Å². The SMILES string of the molecule is C[C@H](NC(=O)N[C@@H](C)Cn1ccnc1)c1ccc(Cl)s1. The van der Waals surface area contributed by atoms with Crippen LogP contribution in [0.25, 0.3) is 0 Å². The number of nitrogens with zero attached hydrogens (tertiary/aromatic N) is 2. The van der Waals surface area contributed by atoms with Gasteiger partial charge in [-0.1, -0.05) is 11.6 Å². The van der Waals surface area contributed by atoms with Gasteiger partial charge in [-0.25, -0.2) is 9.78 Å². The molecule has 20 heavy (non-hydrogen) atoms. The fourth-order valence-electron chi connectivity index (χ4n) is 1.85. The van der Waals surface area contributed by atoms with Crippen LogP contribution in [0.2, 0.25) is 4.34 Å². The molecule has 2 aromatic heterocycles. The summed E-state index contributed by atoms with van der Waals surface area (Å²) >= 11 is 7.36. The highest BCUT2D eigenvalue weighted by Crippen LogP contribution is 2.26. The van der Waals surface area contributed by atoms with Crippen LogP contribution in [-0.4, -0.2) is 21.6 Å². The second-order valence-corrected chi connectivity index (χ2v) is 6.39. The molecule has 2 rings (SSSR count). The van der Waals surface area contributed by atoms with E-state index < -0.39 is 0 Å². The Kier molecular flexibility index (Phi) is 5.03. The summed E-state index contributed by atoms with van der Waals surface area (Å²) in [6.07, 6.45) is 5.31. The van der Waals surface area contributed by atoms with Crippen LogP contribution in [-0.2, 0) is 6.54 Å². The van der Waals surface area contributed by atoms with Gasteiger partial charge in [0.05, 0.1) is 16.7 Å². The minimum atomic E-state index is -0.186. The lowest BCUT2D eigenvalue weighted by atomic mass is 10.3. The quantitative estimate of drug-likeness (QED) is 0.891. The van der Waals surface area contributed by atoms with Crippen molar-refractivity contribution in [2.45, 2.75) is 32.5 Å². The number of rotatable bonds is 5. The topological polar surface area (TPSA) is 59.0 Å². The van der Waals surface area contributed by atoms with Crippen molar-refractivity contribution in [1.82, 2.24) is 20.2 Å². The standard InChI is InChI=1S/C13H17ClN4OS/c1-9(7-18-6-5-15-8-18)16-13(19)17-10(2)11-3-4-12(14)20-11/h3-6,8-10H,7H2,1-2H3,(H2,16,17,19)/t9-,10-/m0/s1. The number of urea groups is 1. The van der Waals surface area contributed by atoms with Gasteiger partial charge in [0.2, 0.25) is 0 Å². The predicted molar refractivity (Wildman–Crippen MR) is 81.1 cm³/mol. The first-order valence-electron chi connectivity index (χ1n) is 6.32. The number of amides is 2. The Morgan fingerprint density at radius 2 is 2.25 bits per heavy atom. The van der Waals surface area contributed by atoms with Crippen molar-refractivity contribution in [3.8, 4) is 0 Å². The van der Waals surface area contributed by atoms with Gasteiger partial charge in [0, 0.05) is 29.9 Å². The van der Waals surface area contributed by atoms with E-state index in [-0.39, 0.29) is 18.1 Å². The summed E-state index contributed by atoms with van der Waals surface area (Å²) in [7, 11) is 0. The minimum absolute atomic E-state index is 0.0170. The monoisotopic (exact) mass is 312 g/mol. The van der Waals surface area contributed by atoms with Crippen LogP contribution in [0.4, 0.5) is 4.79 Å². The molecule has 2 heterocycles. The van der Waals surface area contributed by atoms with Crippen LogP contribution in [0.3, 0.4) is 0 Å². The van der Waals surface area contributed by atoms with E-state index in [0.29, 0.717) is 6.54 Å². The zero-order valence-electron chi connectivity index (χ0n) is 11.3. The average Bonchev–Trinajstić information content (AvgIpc) is 3.00. The molecular weight excluding hydrogens is 296 g/mol. The number of imidazole rings is 1. The molecule has 2 amide bonds. The zero-order chi connectivity index (χ0) is 14.5. The van der Waals surface area contributed by atoms with Gasteiger partial charge in [-0.3, -0.25) is 0 Å². The summed E-state index contributed by atoms with van der Waals surface area (Å²) in [4.78, 5) is 16.9. The molecule has 5 nitrogen and oxygen atoms in total. The predicted octanol–water partition coefficient (Wildman–Crippen LogP) is 3.05. The first-order chi connectivity index (χ1) is 9.54. The van der Waals surface area contributed by atoms with Crippen LogP contribution in [0, 0.1) is 0 Å². The third-order valence-corrected chi connectivity index (χ3v) is 4.20. The van der Waals surface area contributed by atoms with Gasteiger partial charge in [-0.05, 0) is 26.0 Å².